The number of likely N-dealkylation sites (tertiary alicyclic amines) is 1. The minimum Gasteiger partial charge on any atom is -0.469 e. The Bertz CT molecular complexity index is 533. The van der Waals surface area contributed by atoms with Crippen LogP contribution < -0.4 is 0 Å². The summed E-state index contributed by atoms with van der Waals surface area (Å²) in [6.07, 6.45) is 1.03. The second kappa shape index (κ2) is 9.39. The molecule has 6 nitrogen and oxygen atoms in total. The molecular formula is C18H25NO5. The minimum absolute atomic E-state index is 0.00641. The van der Waals surface area contributed by atoms with E-state index in [1.54, 1.807) is 4.90 Å². The number of nitrogens with zero attached hydrogens (tertiary/aromatic N) is 1. The third-order valence-corrected chi connectivity index (χ3v) is 4.16. The maximum absolute atomic E-state index is 12.3. The summed E-state index contributed by atoms with van der Waals surface area (Å²) in [6, 6.07) is 9.54. The van der Waals surface area contributed by atoms with Crippen LogP contribution in [0, 0.1) is 0 Å². The van der Waals surface area contributed by atoms with Gasteiger partial charge in [-0.05, 0) is 18.4 Å². The molecule has 0 spiro atoms. The van der Waals surface area contributed by atoms with Crippen LogP contribution in [0.3, 0.4) is 0 Å². The number of hydrogen-bond donors (Lipinski definition) is 1. The fourth-order valence-corrected chi connectivity index (χ4v) is 2.92. The number of methoxy groups -OCH3 is 1. The Balaban J connectivity index is 1.73. The van der Waals surface area contributed by atoms with Gasteiger partial charge in [0.1, 0.15) is 0 Å². The number of aliphatic hydroxyl groups excluding tert-OH is 1. The van der Waals surface area contributed by atoms with Crippen molar-refractivity contribution >= 4 is 11.9 Å². The van der Waals surface area contributed by atoms with Crippen molar-refractivity contribution < 1.29 is 24.2 Å². The van der Waals surface area contributed by atoms with Gasteiger partial charge in [0.05, 0.1) is 39.3 Å². The molecule has 0 bridgehead atoms. The standard InChI is InChI=1S/C18H25NO5/c1-23-18(22)10-15-8-5-9-19(15)17(21)11-16(20)13-24-12-14-6-3-2-4-7-14/h2-4,6-7,15-16,20H,5,8-13H2,1H3/t15-,16+/m0/s1. The topological polar surface area (TPSA) is 76.1 Å². The van der Waals surface area contributed by atoms with Crippen molar-refractivity contribution in [2.24, 2.45) is 0 Å². The summed E-state index contributed by atoms with van der Waals surface area (Å²) >= 11 is 0. The first-order valence-electron chi connectivity index (χ1n) is 8.26. The maximum Gasteiger partial charge on any atom is 0.307 e. The Morgan fingerprint density at radius 1 is 1.33 bits per heavy atom. The molecule has 0 aliphatic carbocycles. The molecule has 1 aromatic carbocycles. The average molecular weight is 335 g/mol. The predicted molar refractivity (Wildman–Crippen MR) is 88.1 cm³/mol. The highest BCUT2D eigenvalue weighted by molar-refractivity contribution is 5.78. The highest BCUT2D eigenvalue weighted by atomic mass is 16.5. The van der Waals surface area contributed by atoms with Gasteiger partial charge in [-0.25, -0.2) is 0 Å². The van der Waals surface area contributed by atoms with Crippen LogP contribution in [-0.2, 0) is 25.7 Å². The Labute approximate surface area is 142 Å². The van der Waals surface area contributed by atoms with Gasteiger partial charge < -0.3 is 19.5 Å². The molecule has 6 heteroatoms. The third-order valence-electron chi connectivity index (χ3n) is 4.16. The van der Waals surface area contributed by atoms with Crippen LogP contribution in [0.5, 0.6) is 0 Å². The van der Waals surface area contributed by atoms with E-state index in [2.05, 4.69) is 4.74 Å². The Hall–Kier alpha value is -1.92. The summed E-state index contributed by atoms with van der Waals surface area (Å²) < 4.78 is 10.1. The van der Waals surface area contributed by atoms with Gasteiger partial charge in [-0.3, -0.25) is 9.59 Å². The van der Waals surface area contributed by atoms with E-state index in [0.717, 1.165) is 18.4 Å². The lowest BCUT2D eigenvalue weighted by Gasteiger charge is -2.25. The second-order valence-corrected chi connectivity index (χ2v) is 6.02. The third kappa shape index (κ3) is 5.62. The molecule has 1 amide bonds. The van der Waals surface area contributed by atoms with E-state index in [1.165, 1.54) is 7.11 Å². The van der Waals surface area contributed by atoms with Crippen molar-refractivity contribution in [3.63, 3.8) is 0 Å². The molecule has 1 saturated heterocycles. The number of rotatable bonds is 8. The molecule has 0 aromatic heterocycles. The number of aliphatic hydroxyl groups is 1. The number of carbonyl (C=O) groups is 2. The van der Waals surface area contributed by atoms with Gasteiger partial charge in [0.15, 0.2) is 0 Å². The summed E-state index contributed by atoms with van der Waals surface area (Å²) in [6.45, 7) is 1.13. The van der Waals surface area contributed by atoms with Crippen molar-refractivity contribution in [2.45, 2.75) is 44.4 Å². The zero-order valence-corrected chi connectivity index (χ0v) is 14.0. The first-order valence-corrected chi connectivity index (χ1v) is 8.26. The van der Waals surface area contributed by atoms with E-state index in [-0.39, 0.29) is 37.4 Å². The van der Waals surface area contributed by atoms with Crippen LogP contribution in [0.2, 0.25) is 0 Å². The number of amides is 1. The molecule has 1 N–H and O–H groups in total. The lowest BCUT2D eigenvalue weighted by Crippen LogP contribution is -2.39. The Morgan fingerprint density at radius 3 is 2.79 bits per heavy atom. The number of ether oxygens (including phenoxy) is 2. The van der Waals surface area contributed by atoms with Crippen molar-refractivity contribution in [1.29, 1.82) is 0 Å². The lowest BCUT2D eigenvalue weighted by molar-refractivity contribution is -0.143. The SMILES string of the molecule is COC(=O)C[C@@H]1CCCN1C(=O)C[C@@H](O)COCc1ccccc1. The fraction of sp³-hybridized carbons (Fsp3) is 0.556. The highest BCUT2D eigenvalue weighted by Crippen LogP contribution is 2.21. The summed E-state index contributed by atoms with van der Waals surface area (Å²) in [7, 11) is 1.34. The molecule has 1 fully saturated rings. The van der Waals surface area contributed by atoms with Gasteiger partial charge in [-0.1, -0.05) is 30.3 Å². The molecule has 1 aliphatic rings. The van der Waals surface area contributed by atoms with E-state index in [4.69, 9.17) is 4.74 Å². The zero-order valence-electron chi connectivity index (χ0n) is 14.0. The van der Waals surface area contributed by atoms with Crippen molar-refractivity contribution in [2.75, 3.05) is 20.3 Å². The molecule has 1 aromatic rings. The van der Waals surface area contributed by atoms with Gasteiger partial charge >= 0.3 is 5.97 Å². The van der Waals surface area contributed by atoms with Crippen LogP contribution in [-0.4, -0.2) is 54.3 Å². The molecule has 1 aliphatic heterocycles. The number of hydrogen-bond acceptors (Lipinski definition) is 5. The molecule has 2 rings (SSSR count). The normalized spacial score (nSPS) is 18.4. The van der Waals surface area contributed by atoms with Gasteiger partial charge in [-0.2, -0.15) is 0 Å². The number of benzene rings is 1. The van der Waals surface area contributed by atoms with Crippen LogP contribution in [0.1, 0.15) is 31.2 Å². The summed E-state index contributed by atoms with van der Waals surface area (Å²) in [4.78, 5) is 25.4. The monoisotopic (exact) mass is 335 g/mol. The Morgan fingerprint density at radius 2 is 2.08 bits per heavy atom. The molecule has 2 atom stereocenters. The molecule has 132 valence electrons. The van der Waals surface area contributed by atoms with Crippen molar-refractivity contribution in [3.05, 3.63) is 35.9 Å². The van der Waals surface area contributed by atoms with Crippen LogP contribution in [0.25, 0.3) is 0 Å². The quantitative estimate of drug-likeness (QED) is 0.729. The molecule has 0 radical (unpaired) electrons. The Kier molecular flexibility index (Phi) is 7.21. The number of esters is 1. The highest BCUT2D eigenvalue weighted by Gasteiger charge is 2.31. The zero-order chi connectivity index (χ0) is 17.4. The lowest BCUT2D eigenvalue weighted by atomic mass is 10.1. The van der Waals surface area contributed by atoms with Gasteiger partial charge in [-0.15, -0.1) is 0 Å². The summed E-state index contributed by atoms with van der Waals surface area (Å²) in [5.74, 6) is -0.455. The van der Waals surface area contributed by atoms with Crippen LogP contribution >= 0.6 is 0 Å². The predicted octanol–water partition coefficient (Wildman–Crippen LogP) is 1.51. The van der Waals surface area contributed by atoms with Crippen molar-refractivity contribution in [1.82, 2.24) is 4.90 Å². The van der Waals surface area contributed by atoms with Gasteiger partial charge in [0.2, 0.25) is 5.91 Å². The van der Waals surface area contributed by atoms with E-state index < -0.39 is 6.10 Å². The van der Waals surface area contributed by atoms with Crippen molar-refractivity contribution in [3.8, 4) is 0 Å². The molecule has 0 unspecified atom stereocenters. The van der Waals surface area contributed by atoms with E-state index in [9.17, 15) is 14.7 Å². The molecular weight excluding hydrogens is 310 g/mol. The fourth-order valence-electron chi connectivity index (χ4n) is 2.92. The van der Waals surface area contributed by atoms with Gasteiger partial charge in [0.25, 0.3) is 0 Å². The maximum atomic E-state index is 12.3. The largest absolute Gasteiger partial charge is 0.469 e. The minimum atomic E-state index is -0.847. The summed E-state index contributed by atoms with van der Waals surface area (Å²) in [5, 5.41) is 10.0. The molecule has 1 heterocycles. The smallest absolute Gasteiger partial charge is 0.307 e. The van der Waals surface area contributed by atoms with E-state index in [0.29, 0.717) is 13.2 Å². The van der Waals surface area contributed by atoms with Gasteiger partial charge in [0, 0.05) is 12.6 Å². The first-order chi connectivity index (χ1) is 11.6. The van der Waals surface area contributed by atoms with Crippen LogP contribution in [0.4, 0.5) is 0 Å². The average Bonchev–Trinajstić information content (AvgIpc) is 3.04. The van der Waals surface area contributed by atoms with E-state index in [1.807, 2.05) is 30.3 Å². The first kappa shape index (κ1) is 18.4. The summed E-state index contributed by atoms with van der Waals surface area (Å²) in [5.41, 5.74) is 1.02. The molecule has 0 saturated carbocycles. The van der Waals surface area contributed by atoms with E-state index >= 15 is 0 Å². The molecule has 24 heavy (non-hydrogen) atoms. The van der Waals surface area contributed by atoms with Crippen LogP contribution in [0.15, 0.2) is 30.3 Å². The number of carbonyl (C=O) groups excluding carboxylic acids is 2. The second-order valence-electron chi connectivity index (χ2n) is 6.02.